The molecule has 2 bridgehead atoms. The number of ether oxygens (including phenoxy) is 4. The number of hydrogen-bond acceptors (Lipinski definition) is 24. The summed E-state index contributed by atoms with van der Waals surface area (Å²) in [4.78, 5) is 75.4. The second-order valence-electron chi connectivity index (χ2n) is 27.1. The number of β-amino-alcohol motifs (C(OH)–C–C–N with tert-alkyl or cyclic N) is 1. The Kier molecular flexibility index (Phi) is 34.2. The van der Waals surface area contributed by atoms with Crippen LogP contribution in [0.15, 0.2) is 109 Å². The predicted octanol–water partition coefficient (Wildman–Crippen LogP) is 1.20. The fourth-order valence-corrected chi connectivity index (χ4v) is 13.2. The molecule has 1 aromatic rings. The normalized spacial score (nSPS) is 35.7. The monoisotopic (exact) mass is 1380 g/mol. The first-order valence-electron chi connectivity index (χ1n) is 34.6. The predicted molar refractivity (Wildman–Crippen MR) is 365 cm³/mol. The molecule has 5 aliphatic heterocycles. The summed E-state index contributed by atoms with van der Waals surface area (Å²) in [5, 5.41) is 129. The SMILES string of the molecule is CNc1ccc(C(=O)CC(O)CCC(C)C2OC(=O)CC(O)CC(=O)CC(O)CC(O)CC(O)CC(O)CC3(O)CC(O)C(C(=O)N4CCN(CCO)CC4)C(CC(O[C@@H]4O[C@H](C)[C@@H](O)[C@H](NC(=O)CN5CCN(C)CC5)[C@@H]4O)/C=C/C=C/C=C/C=C\C=C/C=C/C=C/C2C)O3)cc1. The van der Waals surface area contributed by atoms with Crippen molar-refractivity contribution in [2.24, 2.45) is 17.8 Å². The van der Waals surface area contributed by atoms with Crippen LogP contribution in [-0.4, -0.2) is 289 Å². The molecule has 4 fully saturated rings. The lowest BCUT2D eigenvalue weighted by atomic mass is 9.81. The second-order valence-corrected chi connectivity index (χ2v) is 27.1. The number of hydrogen-bond donors (Lipinski definition) is 13. The Morgan fingerprint density at radius 2 is 1.26 bits per heavy atom. The van der Waals surface area contributed by atoms with Crippen LogP contribution in [0, 0.1) is 17.8 Å². The second kappa shape index (κ2) is 41.3. The Morgan fingerprint density at radius 3 is 1.87 bits per heavy atom. The number of anilines is 1. The number of benzene rings is 1. The number of Topliss-reactive ketones (excluding diaryl/α,β-unsaturated/α-hetero) is 2. The van der Waals surface area contributed by atoms with Crippen molar-refractivity contribution in [2.45, 2.75) is 195 Å². The van der Waals surface area contributed by atoms with Crippen LogP contribution in [0.4, 0.5) is 5.69 Å². The first-order valence-corrected chi connectivity index (χ1v) is 34.6. The van der Waals surface area contributed by atoms with Crippen molar-refractivity contribution >= 4 is 35.0 Å². The summed E-state index contributed by atoms with van der Waals surface area (Å²) in [5.74, 6) is -6.96. The van der Waals surface area contributed by atoms with Gasteiger partial charge in [0.2, 0.25) is 11.8 Å². The molecule has 0 radical (unpaired) electrons. The topological polar surface area (TPSA) is 382 Å². The van der Waals surface area contributed by atoms with Gasteiger partial charge in [-0.25, -0.2) is 0 Å². The van der Waals surface area contributed by atoms with Gasteiger partial charge in [0, 0.05) is 122 Å². The van der Waals surface area contributed by atoms with E-state index in [0.29, 0.717) is 44.7 Å². The summed E-state index contributed by atoms with van der Waals surface area (Å²) in [7, 11) is 3.76. The van der Waals surface area contributed by atoms with Crippen LogP contribution in [0.1, 0.15) is 108 Å². The zero-order valence-corrected chi connectivity index (χ0v) is 57.4. The number of piperazine rings is 2. The molecule has 548 valence electrons. The van der Waals surface area contributed by atoms with Crippen LogP contribution in [-0.2, 0) is 38.1 Å². The Hall–Kier alpha value is -5.73. The molecule has 19 atom stereocenters. The maximum absolute atomic E-state index is 14.7. The number of aliphatic hydroxyl groups excluding tert-OH is 10. The molecule has 1 aromatic carbocycles. The maximum atomic E-state index is 14.7. The first-order chi connectivity index (χ1) is 46.7. The molecule has 0 saturated carbocycles. The summed E-state index contributed by atoms with van der Waals surface area (Å²) >= 11 is 0. The van der Waals surface area contributed by atoms with Crippen molar-refractivity contribution in [1.29, 1.82) is 0 Å². The van der Waals surface area contributed by atoms with Gasteiger partial charge in [-0.1, -0.05) is 98.9 Å². The van der Waals surface area contributed by atoms with Gasteiger partial charge in [-0.05, 0) is 76.3 Å². The van der Waals surface area contributed by atoms with Gasteiger partial charge in [0.1, 0.15) is 24.1 Å². The zero-order chi connectivity index (χ0) is 71.5. The lowest BCUT2D eigenvalue weighted by Crippen LogP contribution is -2.65. The number of likely N-dealkylation sites (N-methyl/N-ethyl adjacent to an activating group) is 1. The minimum absolute atomic E-state index is 0.0199. The van der Waals surface area contributed by atoms with E-state index in [1.54, 1.807) is 122 Å². The van der Waals surface area contributed by atoms with Gasteiger partial charge in [0.25, 0.3) is 0 Å². The highest BCUT2D eigenvalue weighted by atomic mass is 16.7. The lowest BCUT2D eigenvalue weighted by molar-refractivity contribution is -0.308. The van der Waals surface area contributed by atoms with Crippen molar-refractivity contribution in [2.75, 3.05) is 91.5 Å². The Morgan fingerprint density at radius 1 is 0.684 bits per heavy atom. The number of esters is 1. The molecule has 6 rings (SSSR count). The number of carbonyl (C=O) groups excluding carboxylic acids is 5. The van der Waals surface area contributed by atoms with Gasteiger partial charge in [-0.15, -0.1) is 0 Å². The highest BCUT2D eigenvalue weighted by molar-refractivity contribution is 5.96. The first kappa shape index (κ1) is 81.2. The molecule has 4 saturated heterocycles. The maximum Gasteiger partial charge on any atom is 0.308 e. The molecule has 26 nitrogen and oxygen atoms in total. The molecule has 14 unspecified atom stereocenters. The average molecular weight is 1380 g/mol. The van der Waals surface area contributed by atoms with E-state index in [1.807, 2.05) is 36.8 Å². The highest BCUT2D eigenvalue weighted by Crippen LogP contribution is 2.39. The van der Waals surface area contributed by atoms with Crippen LogP contribution in [0.5, 0.6) is 0 Å². The largest absolute Gasteiger partial charge is 0.461 e. The van der Waals surface area contributed by atoms with E-state index in [0.717, 1.165) is 18.8 Å². The Bertz CT molecular complexity index is 2840. The summed E-state index contributed by atoms with van der Waals surface area (Å²) in [6.45, 7) is 9.75. The van der Waals surface area contributed by atoms with E-state index in [-0.39, 0.29) is 63.1 Å². The van der Waals surface area contributed by atoms with E-state index in [4.69, 9.17) is 18.9 Å². The summed E-state index contributed by atoms with van der Waals surface area (Å²) in [6, 6.07) is 5.67. The Labute approximate surface area is 576 Å². The minimum Gasteiger partial charge on any atom is -0.461 e. The van der Waals surface area contributed by atoms with Crippen LogP contribution in [0.2, 0.25) is 0 Å². The fourth-order valence-electron chi connectivity index (χ4n) is 13.2. The third-order valence-electron chi connectivity index (χ3n) is 18.7. The Balaban J connectivity index is 1.23. The number of fused-ring (bicyclic) bond motifs is 2. The molecule has 13 N–H and O–H groups in total. The molecule has 2 amide bonds. The number of carbonyl (C=O) groups is 5. The van der Waals surface area contributed by atoms with Crippen molar-refractivity contribution < 1.29 is 99.1 Å². The smallest absolute Gasteiger partial charge is 0.308 e. The quantitative estimate of drug-likeness (QED) is 0.0817. The number of nitrogens with zero attached hydrogens (tertiary/aromatic N) is 4. The fraction of sp³-hybridized carbons (Fsp3) is 0.653. The van der Waals surface area contributed by atoms with Gasteiger partial charge in [-0.3, -0.25) is 33.8 Å². The van der Waals surface area contributed by atoms with E-state index >= 15 is 0 Å². The summed E-state index contributed by atoms with van der Waals surface area (Å²) < 4.78 is 25.0. The zero-order valence-electron chi connectivity index (χ0n) is 57.4. The van der Waals surface area contributed by atoms with E-state index in [1.165, 1.54) is 0 Å². The van der Waals surface area contributed by atoms with Crippen molar-refractivity contribution in [1.82, 2.24) is 24.9 Å². The van der Waals surface area contributed by atoms with Gasteiger partial charge < -0.3 is 95.6 Å². The highest BCUT2D eigenvalue weighted by Gasteiger charge is 2.52. The lowest BCUT2D eigenvalue weighted by Gasteiger charge is -2.47. The minimum atomic E-state index is -2.34. The number of nitrogens with one attached hydrogen (secondary N) is 2. The van der Waals surface area contributed by atoms with E-state index in [9.17, 15) is 80.1 Å². The van der Waals surface area contributed by atoms with Gasteiger partial charge >= 0.3 is 5.97 Å². The molecule has 0 spiro atoms. The molecule has 5 aliphatic rings. The van der Waals surface area contributed by atoms with Crippen LogP contribution < -0.4 is 10.6 Å². The van der Waals surface area contributed by atoms with Crippen LogP contribution in [0.25, 0.3) is 0 Å². The third kappa shape index (κ3) is 27.3. The van der Waals surface area contributed by atoms with Crippen LogP contribution in [0.3, 0.4) is 0 Å². The third-order valence-corrected chi connectivity index (χ3v) is 18.7. The number of aliphatic hydroxyl groups is 11. The molecule has 98 heavy (non-hydrogen) atoms. The number of rotatable bonds is 16. The number of ketones is 2. The summed E-state index contributed by atoms with van der Waals surface area (Å²) in [6.07, 6.45) is 2.11. The van der Waals surface area contributed by atoms with Crippen molar-refractivity contribution in [3.05, 3.63) is 115 Å². The molecule has 26 heteroatoms. The number of amides is 2. The number of cyclic esters (lactones) is 1. The van der Waals surface area contributed by atoms with E-state index in [2.05, 4.69) is 15.5 Å². The molecular weight excluding hydrogens is 1270 g/mol. The van der Waals surface area contributed by atoms with Crippen molar-refractivity contribution in [3.63, 3.8) is 0 Å². The van der Waals surface area contributed by atoms with Crippen LogP contribution >= 0.6 is 0 Å². The number of allylic oxidation sites excluding steroid dienone is 12. The molecule has 0 aromatic heterocycles. The van der Waals surface area contributed by atoms with Gasteiger partial charge in [0.05, 0.1) is 92.6 Å². The van der Waals surface area contributed by atoms with Gasteiger partial charge in [-0.2, -0.15) is 0 Å². The molecule has 0 aliphatic carbocycles. The molecule has 5 heterocycles. The van der Waals surface area contributed by atoms with Crippen molar-refractivity contribution in [3.8, 4) is 0 Å². The average Bonchev–Trinajstić information content (AvgIpc) is 0.775. The van der Waals surface area contributed by atoms with E-state index < -0.39 is 178 Å². The molecular formula is C72H110N6O20. The standard InChI is InChI=1S/C72H110N6O20/c1-47-18-16-14-12-10-8-6-7-9-11-13-15-17-19-59(96-71-68(92)66(67(91)49(3)95-71)74-63(89)46-77-28-26-75(5)27-29-77)43-62-65(70(93)78-32-30-76(31-33-78)34-35-79)61(88)45-72(94,98-62)44-58(86)40-56(84)38-54(82)36-53(81)37-55(83)39-57(85)42-64(90)97-69(47)48(2)20-25-52(80)41-60(87)50-21-23-51(73-4)24-22-50/h6-19,21-24,47-49,52-54,56-59,61-62,65-69,71,73,79-82,84-86,88,91-92,94H,20,25-46H2,1-5H3,(H,74,89)/b7-6-,10-8-,11-9+,14-12+,15-13+,18-16+,19-17+/t47?,48?,49-,52?,53?,54?,56?,57?,58?,59?,61?,62?,65?,66+,67-,68+,69?,71+,72?/m1/s1. The summed E-state index contributed by atoms with van der Waals surface area (Å²) in [5.41, 5.74) is 1.30. The van der Waals surface area contributed by atoms with Gasteiger partial charge in [0.15, 0.2) is 17.9 Å².